The molecule has 0 spiro atoms. The quantitative estimate of drug-likeness (QED) is 0.462. The molecule has 32 heavy (non-hydrogen) atoms. The zero-order valence-electron chi connectivity index (χ0n) is 17.6. The largest absolute Gasteiger partial charge is 0.479 e. The molecule has 0 saturated heterocycles. The van der Waals surface area contributed by atoms with Gasteiger partial charge in [0, 0.05) is 6.54 Å². The highest BCUT2D eigenvalue weighted by atomic mass is 19.3. The number of hydrogen-bond donors (Lipinski definition) is 1. The second kappa shape index (κ2) is 8.03. The molecular weight excluding hydrogens is 423 g/mol. The number of methoxy groups -OCH3 is 1. The summed E-state index contributed by atoms with van der Waals surface area (Å²) in [6.07, 6.45) is -0.0245. The third-order valence-corrected chi connectivity index (χ3v) is 4.98. The van der Waals surface area contributed by atoms with E-state index in [1.807, 2.05) is 0 Å². The Bertz CT molecular complexity index is 1340. The van der Waals surface area contributed by atoms with Crippen molar-refractivity contribution in [2.24, 2.45) is 5.41 Å². The summed E-state index contributed by atoms with van der Waals surface area (Å²) in [6, 6.07) is 7.07. The number of ether oxygens (including phenoxy) is 1. The Morgan fingerprint density at radius 2 is 2.09 bits per heavy atom. The third-order valence-electron chi connectivity index (χ3n) is 4.98. The lowest BCUT2D eigenvalue weighted by Gasteiger charge is -2.16. The van der Waals surface area contributed by atoms with Crippen LogP contribution < -0.4 is 10.1 Å². The number of alkyl halides is 2. The van der Waals surface area contributed by atoms with E-state index in [2.05, 4.69) is 26.5 Å². The van der Waals surface area contributed by atoms with Crippen LogP contribution in [0.15, 0.2) is 30.7 Å². The van der Waals surface area contributed by atoms with Crippen LogP contribution in [0.2, 0.25) is 0 Å². The summed E-state index contributed by atoms with van der Waals surface area (Å²) >= 11 is 0. The molecule has 3 aromatic heterocycles. The molecular formula is C21H20F3N7O. The number of halogens is 3. The van der Waals surface area contributed by atoms with Crippen LogP contribution in [-0.4, -0.2) is 44.2 Å². The van der Waals surface area contributed by atoms with Crippen LogP contribution >= 0.6 is 0 Å². The fourth-order valence-corrected chi connectivity index (χ4v) is 3.36. The standard InChI is InChI=1S/C21H20F3N7O/c1-21(2,9-25)10-26-20-28-19(32-3)18-17(13(22)7-31(18)29-20)12-4-5-14-15(6-12)30(11-27-14)8-16(23)24/h4-7,11,16H,8,10H2,1-3H3,(H,26,29). The maximum atomic E-state index is 15.1. The van der Waals surface area contributed by atoms with Crippen LogP contribution in [0.1, 0.15) is 13.8 Å². The Kier molecular flexibility index (Phi) is 5.38. The van der Waals surface area contributed by atoms with Crippen molar-refractivity contribution in [3.8, 4) is 23.1 Å². The summed E-state index contributed by atoms with van der Waals surface area (Å²) in [7, 11) is 1.40. The first kappa shape index (κ1) is 21.4. The number of aromatic nitrogens is 5. The predicted octanol–water partition coefficient (Wildman–Crippen LogP) is 4.12. The predicted molar refractivity (Wildman–Crippen MR) is 112 cm³/mol. The van der Waals surface area contributed by atoms with Crippen molar-refractivity contribution < 1.29 is 17.9 Å². The molecule has 4 aromatic rings. The highest BCUT2D eigenvalue weighted by Crippen LogP contribution is 2.35. The van der Waals surface area contributed by atoms with Crippen LogP contribution in [0, 0.1) is 22.6 Å². The summed E-state index contributed by atoms with van der Waals surface area (Å²) in [5.74, 6) is -0.284. The van der Waals surface area contributed by atoms with E-state index < -0.39 is 24.2 Å². The second-order valence-electron chi connectivity index (χ2n) is 7.93. The number of nitriles is 1. The van der Waals surface area contributed by atoms with Crippen molar-refractivity contribution in [2.45, 2.75) is 26.8 Å². The number of nitrogens with one attached hydrogen (secondary N) is 1. The van der Waals surface area contributed by atoms with Gasteiger partial charge in [0.1, 0.15) is 5.52 Å². The minimum Gasteiger partial charge on any atom is -0.479 e. The molecule has 8 nitrogen and oxygen atoms in total. The van der Waals surface area contributed by atoms with Gasteiger partial charge in [-0.25, -0.2) is 22.7 Å². The summed E-state index contributed by atoms with van der Waals surface area (Å²) in [6.45, 7) is 3.29. The summed E-state index contributed by atoms with van der Waals surface area (Å²) in [4.78, 5) is 8.43. The molecule has 0 aliphatic carbocycles. The molecule has 0 fully saturated rings. The average molecular weight is 443 g/mol. The molecule has 1 aromatic carbocycles. The zero-order chi connectivity index (χ0) is 23.0. The van der Waals surface area contributed by atoms with Crippen molar-refractivity contribution in [1.29, 1.82) is 5.26 Å². The number of fused-ring (bicyclic) bond motifs is 2. The molecule has 0 bridgehead atoms. The Morgan fingerprint density at radius 1 is 1.31 bits per heavy atom. The number of nitrogens with zero attached hydrogens (tertiary/aromatic N) is 6. The van der Waals surface area contributed by atoms with Crippen LogP contribution in [0.5, 0.6) is 5.88 Å². The van der Waals surface area contributed by atoms with E-state index in [0.29, 0.717) is 16.6 Å². The molecule has 0 aliphatic heterocycles. The van der Waals surface area contributed by atoms with Crippen molar-refractivity contribution >= 4 is 22.5 Å². The molecule has 4 rings (SSSR count). The highest BCUT2D eigenvalue weighted by molar-refractivity contribution is 5.90. The number of hydrogen-bond acceptors (Lipinski definition) is 6. The number of rotatable bonds is 7. The van der Waals surface area contributed by atoms with Gasteiger partial charge in [-0.3, -0.25) is 0 Å². The Morgan fingerprint density at radius 3 is 2.78 bits per heavy atom. The van der Waals surface area contributed by atoms with Gasteiger partial charge in [0.2, 0.25) is 11.8 Å². The maximum absolute atomic E-state index is 15.1. The molecule has 166 valence electrons. The number of anilines is 1. The van der Waals surface area contributed by atoms with Gasteiger partial charge in [-0.05, 0) is 31.5 Å². The minimum absolute atomic E-state index is 0.123. The second-order valence-corrected chi connectivity index (χ2v) is 7.93. The van der Waals surface area contributed by atoms with Gasteiger partial charge in [0.15, 0.2) is 5.82 Å². The molecule has 0 radical (unpaired) electrons. The van der Waals surface area contributed by atoms with E-state index in [1.165, 1.54) is 28.7 Å². The van der Waals surface area contributed by atoms with E-state index in [9.17, 15) is 14.0 Å². The molecule has 11 heteroatoms. The monoisotopic (exact) mass is 443 g/mol. The van der Waals surface area contributed by atoms with Gasteiger partial charge >= 0.3 is 0 Å². The van der Waals surface area contributed by atoms with Crippen molar-refractivity contribution in [3.05, 3.63) is 36.5 Å². The van der Waals surface area contributed by atoms with E-state index in [1.54, 1.807) is 32.0 Å². The normalized spacial score (nSPS) is 11.9. The molecule has 1 N–H and O–H groups in total. The first-order chi connectivity index (χ1) is 15.2. The topological polar surface area (TPSA) is 93.1 Å². The molecule has 0 atom stereocenters. The molecule has 0 amide bonds. The van der Waals surface area contributed by atoms with Crippen LogP contribution in [0.3, 0.4) is 0 Å². The Labute approximate surface area is 181 Å². The van der Waals surface area contributed by atoms with Gasteiger partial charge in [0.05, 0.1) is 54.3 Å². The lowest BCUT2D eigenvalue weighted by Crippen LogP contribution is -2.22. The molecule has 0 aliphatic rings. The van der Waals surface area contributed by atoms with Crippen molar-refractivity contribution in [1.82, 2.24) is 24.1 Å². The first-order valence-electron chi connectivity index (χ1n) is 9.74. The van der Waals surface area contributed by atoms with Gasteiger partial charge in [-0.2, -0.15) is 10.2 Å². The average Bonchev–Trinajstić information content (AvgIpc) is 3.30. The smallest absolute Gasteiger partial charge is 0.256 e. The molecule has 0 unspecified atom stereocenters. The summed E-state index contributed by atoms with van der Waals surface area (Å²) in [5, 5.41) is 16.4. The van der Waals surface area contributed by atoms with Gasteiger partial charge in [-0.15, -0.1) is 5.10 Å². The fraction of sp³-hybridized carbons (Fsp3) is 0.333. The van der Waals surface area contributed by atoms with Crippen molar-refractivity contribution in [3.63, 3.8) is 0 Å². The fourth-order valence-electron chi connectivity index (χ4n) is 3.36. The van der Waals surface area contributed by atoms with Crippen LogP contribution in [-0.2, 0) is 6.54 Å². The number of benzene rings is 1. The lowest BCUT2D eigenvalue weighted by molar-refractivity contribution is 0.128. The number of imidazole rings is 1. The van der Waals surface area contributed by atoms with E-state index in [4.69, 9.17) is 4.74 Å². The van der Waals surface area contributed by atoms with Crippen LogP contribution in [0.4, 0.5) is 19.1 Å². The van der Waals surface area contributed by atoms with Gasteiger partial charge in [0.25, 0.3) is 6.43 Å². The van der Waals surface area contributed by atoms with Gasteiger partial charge < -0.3 is 14.6 Å². The first-order valence-corrected chi connectivity index (χ1v) is 9.74. The molecule has 3 heterocycles. The van der Waals surface area contributed by atoms with E-state index in [-0.39, 0.29) is 29.5 Å². The maximum Gasteiger partial charge on any atom is 0.256 e. The highest BCUT2D eigenvalue weighted by Gasteiger charge is 2.22. The van der Waals surface area contributed by atoms with Crippen molar-refractivity contribution in [2.75, 3.05) is 19.0 Å². The molecule has 0 saturated carbocycles. The van der Waals surface area contributed by atoms with E-state index in [0.717, 1.165) is 0 Å². The summed E-state index contributed by atoms with van der Waals surface area (Å²) < 4.78 is 48.9. The Hall–Kier alpha value is -3.81. The van der Waals surface area contributed by atoms with E-state index >= 15 is 4.39 Å². The zero-order valence-corrected chi connectivity index (χ0v) is 17.6. The van der Waals surface area contributed by atoms with Crippen LogP contribution in [0.25, 0.3) is 27.7 Å². The Balaban J connectivity index is 1.81. The van der Waals surface area contributed by atoms with Gasteiger partial charge in [-0.1, -0.05) is 6.07 Å². The summed E-state index contributed by atoms with van der Waals surface area (Å²) in [5.41, 5.74) is 1.23. The third kappa shape index (κ3) is 3.91. The minimum atomic E-state index is -2.55. The SMILES string of the molecule is COc1nc(NCC(C)(C)C#N)nn2cc(F)c(-c3ccc4ncn(CC(F)F)c4c3)c12. The lowest BCUT2D eigenvalue weighted by atomic mass is 9.96.